The molecule has 0 fully saturated rings. The van der Waals surface area contributed by atoms with Crippen molar-refractivity contribution in [2.24, 2.45) is 0 Å². The van der Waals surface area contributed by atoms with E-state index in [1.807, 2.05) is 43.3 Å². The Bertz CT molecular complexity index is 932. The predicted octanol–water partition coefficient (Wildman–Crippen LogP) is 4.47. The maximum atomic E-state index is 13.6. The fraction of sp³-hybridized carbons (Fsp3) is 0.238. The second-order valence-electron chi connectivity index (χ2n) is 5.98. The largest absolute Gasteiger partial charge is 0.454 e. The van der Waals surface area contributed by atoms with Gasteiger partial charge in [-0.2, -0.15) is 10.4 Å². The molecule has 6 heteroatoms. The number of halogens is 1. The third-order valence-electron chi connectivity index (χ3n) is 3.94. The van der Waals surface area contributed by atoms with Crippen LogP contribution in [0.3, 0.4) is 0 Å². The lowest BCUT2D eigenvalue weighted by molar-refractivity contribution is 0.110. The summed E-state index contributed by atoms with van der Waals surface area (Å²) in [6, 6.07) is 15.8. The van der Waals surface area contributed by atoms with Gasteiger partial charge in [-0.15, -0.1) is 0 Å². The summed E-state index contributed by atoms with van der Waals surface area (Å²) in [5.41, 5.74) is 2.10. The number of ether oxygens (including phenoxy) is 2. The molecule has 0 aliphatic heterocycles. The Hall–Kier alpha value is -3.17. The third kappa shape index (κ3) is 5.16. The van der Waals surface area contributed by atoms with Gasteiger partial charge in [0.05, 0.1) is 37.6 Å². The van der Waals surface area contributed by atoms with Gasteiger partial charge >= 0.3 is 0 Å². The average Bonchev–Trinajstić information content (AvgIpc) is 3.07. The molecule has 2 aromatic carbocycles. The lowest BCUT2D eigenvalue weighted by Gasteiger charge is -2.05. The molecule has 0 spiro atoms. The molecule has 5 nitrogen and oxygen atoms in total. The lowest BCUT2D eigenvalue weighted by Crippen LogP contribution is -2.06. The van der Waals surface area contributed by atoms with E-state index in [1.54, 1.807) is 10.9 Å². The highest BCUT2D eigenvalue weighted by atomic mass is 19.1. The van der Waals surface area contributed by atoms with E-state index < -0.39 is 5.82 Å². The number of hydrogen-bond donors (Lipinski definition) is 0. The molecule has 0 aliphatic carbocycles. The Morgan fingerprint density at radius 1 is 1.19 bits per heavy atom. The number of rotatable bonds is 8. The maximum Gasteiger partial charge on any atom is 0.168 e. The average molecular weight is 365 g/mol. The molecule has 27 heavy (non-hydrogen) atoms. The summed E-state index contributed by atoms with van der Waals surface area (Å²) in [6.07, 6.45) is 2.44. The second kappa shape index (κ2) is 8.97. The van der Waals surface area contributed by atoms with E-state index >= 15 is 0 Å². The van der Waals surface area contributed by atoms with Crippen LogP contribution in [0.15, 0.2) is 54.7 Å². The Balaban J connectivity index is 1.61. The Morgan fingerprint density at radius 2 is 2.00 bits per heavy atom. The summed E-state index contributed by atoms with van der Waals surface area (Å²) < 4.78 is 26.8. The summed E-state index contributed by atoms with van der Waals surface area (Å²) in [6.45, 7) is 3.61. The van der Waals surface area contributed by atoms with Crippen molar-refractivity contribution in [3.8, 4) is 17.6 Å². The molecule has 3 aromatic rings. The Labute approximate surface area is 157 Å². The van der Waals surface area contributed by atoms with Gasteiger partial charge in [-0.1, -0.05) is 37.3 Å². The topological polar surface area (TPSA) is 60.1 Å². The van der Waals surface area contributed by atoms with Gasteiger partial charge < -0.3 is 9.47 Å². The molecule has 0 unspecified atom stereocenters. The zero-order chi connectivity index (χ0) is 19.1. The number of aromatic nitrogens is 2. The van der Waals surface area contributed by atoms with Gasteiger partial charge in [-0.05, 0) is 24.1 Å². The minimum atomic E-state index is -0.510. The molecule has 0 saturated heterocycles. The van der Waals surface area contributed by atoms with Gasteiger partial charge in [0.1, 0.15) is 17.3 Å². The van der Waals surface area contributed by atoms with E-state index in [1.165, 1.54) is 18.2 Å². The number of hydrogen-bond acceptors (Lipinski definition) is 4. The summed E-state index contributed by atoms with van der Waals surface area (Å²) in [4.78, 5) is 0. The van der Waals surface area contributed by atoms with Crippen LogP contribution in [0.2, 0.25) is 0 Å². The zero-order valence-electron chi connectivity index (χ0n) is 15.1. The van der Waals surface area contributed by atoms with Crippen molar-refractivity contribution >= 4 is 0 Å². The van der Waals surface area contributed by atoms with Crippen molar-refractivity contribution in [1.82, 2.24) is 9.78 Å². The van der Waals surface area contributed by atoms with Crippen LogP contribution >= 0.6 is 0 Å². The fourth-order valence-electron chi connectivity index (χ4n) is 2.62. The maximum absolute atomic E-state index is 13.6. The molecule has 0 atom stereocenters. The van der Waals surface area contributed by atoms with Gasteiger partial charge in [0.15, 0.2) is 5.75 Å². The standard InChI is InChI=1S/C21H20FN3O2/c1-2-20-21(27-19-11-17(13-23)10-18(22)12-19)14-25(24-20)8-9-26-15-16-6-4-3-5-7-16/h3-7,10-12,14H,2,8-9,15H2,1H3. The van der Waals surface area contributed by atoms with Crippen LogP contribution < -0.4 is 4.74 Å². The first-order chi connectivity index (χ1) is 13.2. The van der Waals surface area contributed by atoms with E-state index in [2.05, 4.69) is 5.10 Å². The van der Waals surface area contributed by atoms with Crippen molar-refractivity contribution in [1.29, 1.82) is 5.26 Å². The van der Waals surface area contributed by atoms with Crippen molar-refractivity contribution in [2.45, 2.75) is 26.5 Å². The van der Waals surface area contributed by atoms with Crippen LogP contribution in [-0.2, 0) is 24.3 Å². The molecule has 1 heterocycles. The number of nitrogens with zero attached hydrogens (tertiary/aromatic N) is 3. The monoisotopic (exact) mass is 365 g/mol. The molecule has 0 saturated carbocycles. The molecule has 3 rings (SSSR count). The predicted molar refractivity (Wildman–Crippen MR) is 98.9 cm³/mol. The Kier molecular flexibility index (Phi) is 6.18. The number of nitriles is 1. The van der Waals surface area contributed by atoms with Crippen molar-refractivity contribution < 1.29 is 13.9 Å². The highest BCUT2D eigenvalue weighted by molar-refractivity contribution is 5.40. The normalized spacial score (nSPS) is 10.6. The van der Waals surface area contributed by atoms with Gasteiger partial charge in [-0.25, -0.2) is 4.39 Å². The summed E-state index contributed by atoms with van der Waals surface area (Å²) in [5, 5.41) is 13.4. The van der Waals surface area contributed by atoms with E-state index in [4.69, 9.17) is 14.7 Å². The molecule has 1 aromatic heterocycles. The smallest absolute Gasteiger partial charge is 0.168 e. The molecule has 0 aliphatic rings. The van der Waals surface area contributed by atoms with E-state index in [0.717, 1.165) is 11.3 Å². The van der Waals surface area contributed by atoms with E-state index in [0.29, 0.717) is 31.9 Å². The van der Waals surface area contributed by atoms with E-state index in [-0.39, 0.29) is 11.3 Å². The number of aryl methyl sites for hydroxylation is 1. The molecular formula is C21H20FN3O2. The van der Waals surface area contributed by atoms with Crippen LogP contribution in [0.4, 0.5) is 4.39 Å². The first kappa shape index (κ1) is 18.6. The van der Waals surface area contributed by atoms with Crippen molar-refractivity contribution in [3.63, 3.8) is 0 Å². The van der Waals surface area contributed by atoms with Crippen LogP contribution in [0.1, 0.15) is 23.7 Å². The van der Waals surface area contributed by atoms with Crippen LogP contribution in [0.25, 0.3) is 0 Å². The van der Waals surface area contributed by atoms with Gasteiger partial charge in [0.25, 0.3) is 0 Å². The highest BCUT2D eigenvalue weighted by Crippen LogP contribution is 2.26. The van der Waals surface area contributed by atoms with Crippen LogP contribution in [-0.4, -0.2) is 16.4 Å². The molecule has 0 bridgehead atoms. The third-order valence-corrected chi connectivity index (χ3v) is 3.94. The second-order valence-corrected chi connectivity index (χ2v) is 5.98. The van der Waals surface area contributed by atoms with E-state index in [9.17, 15) is 4.39 Å². The number of benzene rings is 2. The van der Waals surface area contributed by atoms with Crippen LogP contribution in [0.5, 0.6) is 11.5 Å². The zero-order valence-corrected chi connectivity index (χ0v) is 15.1. The van der Waals surface area contributed by atoms with Gasteiger partial charge in [0, 0.05) is 6.07 Å². The van der Waals surface area contributed by atoms with Crippen LogP contribution in [0, 0.1) is 17.1 Å². The quantitative estimate of drug-likeness (QED) is 0.553. The first-order valence-corrected chi connectivity index (χ1v) is 8.74. The lowest BCUT2D eigenvalue weighted by atomic mass is 10.2. The summed E-state index contributed by atoms with van der Waals surface area (Å²) in [7, 11) is 0. The van der Waals surface area contributed by atoms with Gasteiger partial charge in [0.2, 0.25) is 0 Å². The molecule has 138 valence electrons. The minimum absolute atomic E-state index is 0.213. The van der Waals surface area contributed by atoms with Crippen molar-refractivity contribution in [2.75, 3.05) is 6.61 Å². The summed E-state index contributed by atoms with van der Waals surface area (Å²) in [5.74, 6) is 0.319. The minimum Gasteiger partial charge on any atom is -0.454 e. The summed E-state index contributed by atoms with van der Waals surface area (Å²) >= 11 is 0. The highest BCUT2D eigenvalue weighted by Gasteiger charge is 2.11. The van der Waals surface area contributed by atoms with Crippen molar-refractivity contribution in [3.05, 3.63) is 77.4 Å². The molecule has 0 radical (unpaired) electrons. The fourth-order valence-corrected chi connectivity index (χ4v) is 2.62. The molecule has 0 N–H and O–H groups in total. The SMILES string of the molecule is CCc1nn(CCOCc2ccccc2)cc1Oc1cc(F)cc(C#N)c1. The first-order valence-electron chi connectivity index (χ1n) is 8.74. The Morgan fingerprint density at radius 3 is 2.74 bits per heavy atom. The molecule has 0 amide bonds. The molecular weight excluding hydrogens is 345 g/mol. The van der Waals surface area contributed by atoms with Gasteiger partial charge in [-0.3, -0.25) is 4.68 Å².